The number of anilines is 2. The third kappa shape index (κ3) is 4.78. The fourth-order valence-corrected chi connectivity index (χ4v) is 5.04. The molecule has 0 saturated heterocycles. The van der Waals surface area contributed by atoms with Crippen molar-refractivity contribution >= 4 is 34.7 Å². The molecular formula is C21H24N4O2S2. The number of thiazole rings is 1. The van der Waals surface area contributed by atoms with Crippen LogP contribution in [0.4, 0.5) is 11.6 Å². The molecule has 2 aromatic heterocycles. The van der Waals surface area contributed by atoms with Crippen molar-refractivity contribution in [3.05, 3.63) is 47.2 Å². The molecule has 1 aromatic carbocycles. The normalized spacial score (nSPS) is 15.1. The number of benzene rings is 1. The van der Waals surface area contributed by atoms with E-state index in [1.165, 1.54) is 0 Å². The van der Waals surface area contributed by atoms with Crippen LogP contribution in [0.2, 0.25) is 0 Å². The number of nitrogens with one attached hydrogen (secondary N) is 1. The maximum absolute atomic E-state index is 10.6. The van der Waals surface area contributed by atoms with Crippen LogP contribution in [0.15, 0.2) is 41.7 Å². The van der Waals surface area contributed by atoms with E-state index in [1.54, 1.807) is 29.3 Å². The first kappa shape index (κ1) is 20.3. The number of aliphatic hydroxyl groups excluding tert-OH is 1. The first-order valence-corrected chi connectivity index (χ1v) is 11.5. The van der Waals surface area contributed by atoms with Gasteiger partial charge in [-0.15, -0.1) is 23.1 Å². The smallest absolute Gasteiger partial charge is 0.228 e. The summed E-state index contributed by atoms with van der Waals surface area (Å²) in [6, 6.07) is 8.11. The van der Waals surface area contributed by atoms with Gasteiger partial charge in [0, 0.05) is 30.4 Å². The summed E-state index contributed by atoms with van der Waals surface area (Å²) in [5, 5.41) is 24.5. The maximum Gasteiger partial charge on any atom is 0.228 e. The zero-order chi connectivity index (χ0) is 20.3. The largest absolute Gasteiger partial charge is 0.396 e. The third-order valence-electron chi connectivity index (χ3n) is 4.88. The Kier molecular flexibility index (Phi) is 6.15. The molecule has 0 amide bonds. The molecule has 0 radical (unpaired) electrons. The molecule has 152 valence electrons. The molecule has 29 heavy (non-hydrogen) atoms. The molecule has 0 unspecified atom stereocenters. The molecule has 3 aromatic rings. The van der Waals surface area contributed by atoms with Gasteiger partial charge in [-0.1, -0.05) is 6.07 Å². The second-order valence-electron chi connectivity index (χ2n) is 7.27. The molecule has 1 fully saturated rings. The van der Waals surface area contributed by atoms with Crippen LogP contribution in [0.5, 0.6) is 0 Å². The van der Waals surface area contributed by atoms with Crippen LogP contribution in [0.25, 0.3) is 10.4 Å². The molecule has 2 heterocycles. The van der Waals surface area contributed by atoms with Gasteiger partial charge in [-0.2, -0.15) is 0 Å². The first-order valence-electron chi connectivity index (χ1n) is 9.70. The topological polar surface area (TPSA) is 91.2 Å². The molecule has 1 aliphatic rings. The summed E-state index contributed by atoms with van der Waals surface area (Å²) in [6.45, 7) is 2.24. The number of aliphatic hydroxyl groups is 2. The summed E-state index contributed by atoms with van der Waals surface area (Å²) < 4.78 is 0. The Morgan fingerprint density at radius 3 is 2.86 bits per heavy atom. The monoisotopic (exact) mass is 428 g/mol. The Labute approximate surface area is 178 Å². The summed E-state index contributed by atoms with van der Waals surface area (Å²) in [4.78, 5) is 14.4. The molecule has 3 N–H and O–H groups in total. The van der Waals surface area contributed by atoms with Crippen LogP contribution in [0.1, 0.15) is 36.3 Å². The number of nitrogens with zero attached hydrogens (tertiary/aromatic N) is 3. The molecule has 0 spiro atoms. The van der Waals surface area contributed by atoms with Crippen LogP contribution < -0.4 is 5.32 Å². The fourth-order valence-electron chi connectivity index (χ4n) is 3.20. The summed E-state index contributed by atoms with van der Waals surface area (Å²) in [5.74, 6) is 1.37. The summed E-state index contributed by atoms with van der Waals surface area (Å²) in [6.07, 6.45) is 6.98. The standard InChI is InChI=1S/C21H24N4O2S2/c1-14-10-15(17-13-23-19(29-17)21(27)5-2-6-21)12-16(11-14)24-20-22-7-4-18(25-20)28-9-3-8-26/h4,7,10-13,26-27H,2-3,5-6,8-9H2,1H3,(H,22,24,25). The lowest BCUT2D eigenvalue weighted by Gasteiger charge is -2.34. The molecule has 0 aliphatic heterocycles. The van der Waals surface area contributed by atoms with Crippen molar-refractivity contribution in [2.24, 2.45) is 0 Å². The molecule has 0 bridgehead atoms. The van der Waals surface area contributed by atoms with Crippen LogP contribution >= 0.6 is 23.1 Å². The molecular weight excluding hydrogens is 404 g/mol. The highest BCUT2D eigenvalue weighted by Gasteiger charge is 2.39. The van der Waals surface area contributed by atoms with Gasteiger partial charge < -0.3 is 15.5 Å². The van der Waals surface area contributed by atoms with E-state index >= 15 is 0 Å². The summed E-state index contributed by atoms with van der Waals surface area (Å²) in [5.41, 5.74) is 2.37. The molecule has 0 atom stereocenters. The Morgan fingerprint density at radius 1 is 1.24 bits per heavy atom. The maximum atomic E-state index is 10.6. The van der Waals surface area contributed by atoms with Gasteiger partial charge >= 0.3 is 0 Å². The van der Waals surface area contributed by atoms with Crippen molar-refractivity contribution in [1.29, 1.82) is 0 Å². The van der Waals surface area contributed by atoms with Crippen LogP contribution in [-0.4, -0.2) is 37.5 Å². The lowest BCUT2D eigenvalue weighted by atomic mass is 9.81. The van der Waals surface area contributed by atoms with Gasteiger partial charge in [0.25, 0.3) is 0 Å². The van der Waals surface area contributed by atoms with Gasteiger partial charge in [-0.25, -0.2) is 15.0 Å². The Balaban J connectivity index is 1.52. The SMILES string of the molecule is Cc1cc(Nc2nccc(SCCCO)n2)cc(-c2cnc(C3(O)CCC3)s2)c1. The van der Waals surface area contributed by atoms with E-state index in [4.69, 9.17) is 5.11 Å². The van der Waals surface area contributed by atoms with Crippen molar-refractivity contribution in [1.82, 2.24) is 15.0 Å². The van der Waals surface area contributed by atoms with Gasteiger partial charge in [0.05, 0.1) is 4.88 Å². The molecule has 1 aliphatic carbocycles. The molecule has 6 nitrogen and oxygen atoms in total. The first-order chi connectivity index (χ1) is 14.1. The zero-order valence-electron chi connectivity index (χ0n) is 16.3. The van der Waals surface area contributed by atoms with Gasteiger partial charge in [-0.05, 0) is 61.9 Å². The quantitative estimate of drug-likeness (QED) is 0.276. The predicted molar refractivity (Wildman–Crippen MR) is 118 cm³/mol. The van der Waals surface area contributed by atoms with E-state index in [1.807, 2.05) is 12.3 Å². The van der Waals surface area contributed by atoms with E-state index in [0.717, 1.165) is 63.2 Å². The van der Waals surface area contributed by atoms with E-state index in [2.05, 4.69) is 45.4 Å². The van der Waals surface area contributed by atoms with E-state index in [9.17, 15) is 5.11 Å². The second-order valence-corrected chi connectivity index (χ2v) is 9.42. The average Bonchev–Trinajstić information content (AvgIpc) is 3.17. The number of hydrogen-bond acceptors (Lipinski definition) is 8. The Hall–Kier alpha value is -2.00. The van der Waals surface area contributed by atoms with E-state index in [-0.39, 0.29) is 6.61 Å². The van der Waals surface area contributed by atoms with Crippen molar-refractivity contribution in [2.75, 3.05) is 17.7 Å². The number of thioether (sulfide) groups is 1. The Morgan fingerprint density at radius 2 is 2.10 bits per heavy atom. The van der Waals surface area contributed by atoms with E-state index < -0.39 is 5.60 Å². The van der Waals surface area contributed by atoms with Crippen molar-refractivity contribution < 1.29 is 10.2 Å². The van der Waals surface area contributed by atoms with E-state index in [0.29, 0.717) is 5.95 Å². The molecule has 1 saturated carbocycles. The van der Waals surface area contributed by atoms with Crippen LogP contribution in [-0.2, 0) is 5.60 Å². The minimum absolute atomic E-state index is 0.186. The molecule has 8 heteroatoms. The highest BCUT2D eigenvalue weighted by molar-refractivity contribution is 7.99. The predicted octanol–water partition coefficient (Wildman–Crippen LogP) is 4.50. The highest BCUT2D eigenvalue weighted by Crippen LogP contribution is 2.44. The lowest BCUT2D eigenvalue weighted by molar-refractivity contribution is -0.0389. The van der Waals surface area contributed by atoms with Gasteiger partial charge in [0.1, 0.15) is 15.6 Å². The van der Waals surface area contributed by atoms with Crippen molar-refractivity contribution in [3.8, 4) is 10.4 Å². The van der Waals surface area contributed by atoms with Crippen molar-refractivity contribution in [3.63, 3.8) is 0 Å². The fraction of sp³-hybridized carbons (Fsp3) is 0.381. The number of aromatic nitrogens is 3. The van der Waals surface area contributed by atoms with Crippen LogP contribution in [0.3, 0.4) is 0 Å². The Bertz CT molecular complexity index is 988. The third-order valence-corrected chi connectivity index (χ3v) is 7.14. The highest BCUT2D eigenvalue weighted by atomic mass is 32.2. The number of rotatable bonds is 8. The van der Waals surface area contributed by atoms with Crippen molar-refractivity contribution in [2.45, 2.75) is 43.2 Å². The minimum atomic E-state index is -0.726. The van der Waals surface area contributed by atoms with Gasteiger partial charge in [0.2, 0.25) is 5.95 Å². The summed E-state index contributed by atoms with van der Waals surface area (Å²) >= 11 is 3.17. The average molecular weight is 429 g/mol. The van der Waals surface area contributed by atoms with Crippen LogP contribution in [0, 0.1) is 6.92 Å². The number of hydrogen-bond donors (Lipinski definition) is 3. The molecule has 4 rings (SSSR count). The lowest BCUT2D eigenvalue weighted by Crippen LogP contribution is -2.33. The number of aryl methyl sites for hydroxylation is 1. The van der Waals surface area contributed by atoms with Gasteiger partial charge in [0.15, 0.2) is 0 Å². The minimum Gasteiger partial charge on any atom is -0.396 e. The van der Waals surface area contributed by atoms with Gasteiger partial charge in [-0.3, -0.25) is 0 Å². The second kappa shape index (κ2) is 8.79. The zero-order valence-corrected chi connectivity index (χ0v) is 17.9. The summed E-state index contributed by atoms with van der Waals surface area (Å²) in [7, 11) is 0.